The zero-order valence-electron chi connectivity index (χ0n) is 16.2. The Labute approximate surface area is 163 Å². The highest BCUT2D eigenvalue weighted by atomic mass is 16.5. The summed E-state index contributed by atoms with van der Waals surface area (Å²) in [7, 11) is 0. The van der Waals surface area contributed by atoms with E-state index >= 15 is 0 Å². The van der Waals surface area contributed by atoms with Crippen LogP contribution in [0.4, 0.5) is 0 Å². The van der Waals surface area contributed by atoms with E-state index in [9.17, 15) is 9.59 Å². The number of pyridine rings is 1. The fourth-order valence-corrected chi connectivity index (χ4v) is 2.97. The SMILES string of the molecule is CCCCC(CC)COC(=O)c1ccc2nc(-c3ccccn3)oc(=O)c2c1. The fourth-order valence-electron chi connectivity index (χ4n) is 2.97. The van der Waals surface area contributed by atoms with Gasteiger partial charge in [0.1, 0.15) is 5.69 Å². The minimum atomic E-state index is -0.560. The lowest BCUT2D eigenvalue weighted by Crippen LogP contribution is -2.14. The van der Waals surface area contributed by atoms with Crippen molar-refractivity contribution in [2.75, 3.05) is 6.61 Å². The summed E-state index contributed by atoms with van der Waals surface area (Å²) in [6, 6.07) is 10.00. The number of aromatic nitrogens is 2. The average Bonchev–Trinajstić information content (AvgIpc) is 2.74. The summed E-state index contributed by atoms with van der Waals surface area (Å²) in [5.74, 6) is 0.0669. The van der Waals surface area contributed by atoms with Crippen LogP contribution in [0.5, 0.6) is 0 Å². The highest BCUT2D eigenvalue weighted by Gasteiger charge is 2.15. The molecule has 0 spiro atoms. The summed E-state index contributed by atoms with van der Waals surface area (Å²) in [4.78, 5) is 33.3. The maximum absolute atomic E-state index is 12.4. The number of unbranched alkanes of at least 4 members (excludes halogenated alkanes) is 1. The van der Waals surface area contributed by atoms with E-state index in [1.54, 1.807) is 36.5 Å². The Bertz CT molecular complexity index is 998. The number of benzene rings is 1. The number of carbonyl (C=O) groups excluding carboxylic acids is 1. The summed E-state index contributed by atoms with van der Waals surface area (Å²) in [5.41, 5.74) is 0.678. The molecule has 3 rings (SSSR count). The molecule has 6 heteroatoms. The average molecular weight is 380 g/mol. The molecule has 1 unspecified atom stereocenters. The molecular weight excluding hydrogens is 356 g/mol. The molecule has 0 saturated carbocycles. The largest absolute Gasteiger partial charge is 0.462 e. The molecule has 0 saturated heterocycles. The predicted octanol–water partition coefficient (Wildman–Crippen LogP) is 4.62. The van der Waals surface area contributed by atoms with E-state index in [0.717, 1.165) is 25.7 Å². The van der Waals surface area contributed by atoms with Crippen LogP contribution in [0.15, 0.2) is 51.8 Å². The monoisotopic (exact) mass is 380 g/mol. The molecule has 1 aromatic carbocycles. The molecule has 6 nitrogen and oxygen atoms in total. The van der Waals surface area contributed by atoms with Crippen LogP contribution in [-0.2, 0) is 4.74 Å². The van der Waals surface area contributed by atoms with E-state index in [-0.39, 0.29) is 11.3 Å². The number of nitrogens with zero attached hydrogens (tertiary/aromatic N) is 2. The van der Waals surface area contributed by atoms with E-state index < -0.39 is 11.6 Å². The summed E-state index contributed by atoms with van der Waals surface area (Å²) in [5, 5.41) is 0.243. The molecule has 28 heavy (non-hydrogen) atoms. The third-order valence-corrected chi connectivity index (χ3v) is 4.74. The van der Waals surface area contributed by atoms with Crippen LogP contribution >= 0.6 is 0 Å². The summed E-state index contributed by atoms with van der Waals surface area (Å²) < 4.78 is 10.7. The first kappa shape index (κ1) is 19.7. The third-order valence-electron chi connectivity index (χ3n) is 4.74. The van der Waals surface area contributed by atoms with Gasteiger partial charge in [0.25, 0.3) is 0 Å². The van der Waals surface area contributed by atoms with Gasteiger partial charge in [0.2, 0.25) is 5.89 Å². The van der Waals surface area contributed by atoms with Crippen molar-refractivity contribution in [3.8, 4) is 11.6 Å². The van der Waals surface area contributed by atoms with E-state index in [0.29, 0.717) is 29.3 Å². The molecular formula is C22H24N2O4. The standard InChI is InChI=1S/C22H24N2O4/c1-3-5-8-15(4-2)14-27-21(25)16-10-11-18-17(13-16)22(26)28-20(24-18)19-9-6-7-12-23-19/h6-7,9-13,15H,3-5,8,14H2,1-2H3. The van der Waals surface area contributed by atoms with Gasteiger partial charge >= 0.3 is 11.6 Å². The molecule has 0 bridgehead atoms. The zero-order chi connectivity index (χ0) is 19.9. The van der Waals surface area contributed by atoms with Crippen LogP contribution < -0.4 is 5.63 Å². The Morgan fingerprint density at radius 3 is 2.79 bits per heavy atom. The minimum Gasteiger partial charge on any atom is -0.462 e. The Hall–Kier alpha value is -3.02. The number of ether oxygens (including phenoxy) is 1. The van der Waals surface area contributed by atoms with Crippen molar-refractivity contribution in [2.45, 2.75) is 39.5 Å². The number of carbonyl (C=O) groups is 1. The molecule has 0 N–H and O–H groups in total. The smallest absolute Gasteiger partial charge is 0.347 e. The van der Waals surface area contributed by atoms with Gasteiger partial charge in [0, 0.05) is 6.20 Å². The highest BCUT2D eigenvalue weighted by Crippen LogP contribution is 2.18. The molecule has 0 amide bonds. The van der Waals surface area contributed by atoms with Gasteiger partial charge in [-0.3, -0.25) is 4.98 Å². The lowest BCUT2D eigenvalue weighted by molar-refractivity contribution is 0.0428. The van der Waals surface area contributed by atoms with Gasteiger partial charge in [-0.1, -0.05) is 39.2 Å². The lowest BCUT2D eigenvalue weighted by Gasteiger charge is -2.14. The minimum absolute atomic E-state index is 0.148. The number of hydrogen-bond acceptors (Lipinski definition) is 6. The zero-order valence-corrected chi connectivity index (χ0v) is 16.2. The van der Waals surface area contributed by atoms with Crippen LogP contribution in [-0.4, -0.2) is 22.5 Å². The normalized spacial score (nSPS) is 12.1. The molecule has 0 fully saturated rings. The summed E-state index contributed by atoms with van der Waals surface area (Å²) in [6.45, 7) is 4.63. The summed E-state index contributed by atoms with van der Waals surface area (Å²) in [6.07, 6.45) is 5.86. The van der Waals surface area contributed by atoms with E-state index in [1.165, 1.54) is 6.07 Å². The molecule has 0 aliphatic rings. The topological polar surface area (TPSA) is 82.3 Å². The number of esters is 1. The first-order valence-corrected chi connectivity index (χ1v) is 9.65. The fraction of sp³-hybridized carbons (Fsp3) is 0.364. The van der Waals surface area contributed by atoms with Gasteiger partial charge in [-0.05, 0) is 42.7 Å². The highest BCUT2D eigenvalue weighted by molar-refractivity contribution is 5.94. The van der Waals surface area contributed by atoms with Crippen molar-refractivity contribution in [1.82, 2.24) is 9.97 Å². The lowest BCUT2D eigenvalue weighted by atomic mass is 10.0. The quantitative estimate of drug-likeness (QED) is 0.530. The maximum atomic E-state index is 12.4. The van der Waals surface area contributed by atoms with Crippen LogP contribution in [0, 0.1) is 5.92 Å². The molecule has 146 valence electrons. The van der Waals surface area contributed by atoms with Gasteiger partial charge in [0.15, 0.2) is 0 Å². The molecule has 2 aromatic heterocycles. The second-order valence-corrected chi connectivity index (χ2v) is 6.77. The molecule has 0 aliphatic carbocycles. The van der Waals surface area contributed by atoms with Crippen LogP contribution in [0.1, 0.15) is 49.9 Å². The van der Waals surface area contributed by atoms with Crippen LogP contribution in [0.2, 0.25) is 0 Å². The van der Waals surface area contributed by atoms with E-state index in [4.69, 9.17) is 9.15 Å². The molecule has 0 radical (unpaired) electrons. The number of fused-ring (bicyclic) bond motifs is 1. The van der Waals surface area contributed by atoms with Gasteiger partial charge in [-0.25, -0.2) is 14.6 Å². The Balaban J connectivity index is 1.79. The predicted molar refractivity (Wildman–Crippen MR) is 107 cm³/mol. The Morgan fingerprint density at radius 1 is 1.21 bits per heavy atom. The second-order valence-electron chi connectivity index (χ2n) is 6.77. The van der Waals surface area contributed by atoms with Crippen molar-refractivity contribution >= 4 is 16.9 Å². The van der Waals surface area contributed by atoms with Gasteiger partial charge in [-0.15, -0.1) is 0 Å². The molecule has 3 aromatic rings. The molecule has 0 aliphatic heterocycles. The van der Waals surface area contributed by atoms with E-state index in [2.05, 4.69) is 23.8 Å². The third kappa shape index (κ3) is 4.63. The van der Waals surface area contributed by atoms with Crippen LogP contribution in [0.25, 0.3) is 22.5 Å². The van der Waals surface area contributed by atoms with Gasteiger partial charge in [-0.2, -0.15) is 0 Å². The second kappa shape index (κ2) is 9.26. The summed E-state index contributed by atoms with van der Waals surface area (Å²) >= 11 is 0. The van der Waals surface area contributed by atoms with Crippen molar-refractivity contribution in [3.63, 3.8) is 0 Å². The first-order valence-electron chi connectivity index (χ1n) is 9.65. The molecule has 1 atom stereocenters. The van der Waals surface area contributed by atoms with Crippen molar-refractivity contribution < 1.29 is 13.9 Å². The van der Waals surface area contributed by atoms with Crippen molar-refractivity contribution in [2.24, 2.45) is 5.92 Å². The maximum Gasteiger partial charge on any atom is 0.347 e. The Morgan fingerprint density at radius 2 is 2.07 bits per heavy atom. The van der Waals surface area contributed by atoms with Crippen molar-refractivity contribution in [1.29, 1.82) is 0 Å². The number of rotatable bonds is 8. The van der Waals surface area contributed by atoms with Crippen LogP contribution in [0.3, 0.4) is 0 Å². The Kier molecular flexibility index (Phi) is 6.53. The van der Waals surface area contributed by atoms with Crippen molar-refractivity contribution in [3.05, 3.63) is 58.6 Å². The first-order chi connectivity index (χ1) is 13.6. The van der Waals surface area contributed by atoms with E-state index in [1.807, 2.05) is 0 Å². The molecule has 2 heterocycles. The van der Waals surface area contributed by atoms with Gasteiger partial charge in [0.05, 0.1) is 23.1 Å². The number of hydrogen-bond donors (Lipinski definition) is 0. The van der Waals surface area contributed by atoms with Gasteiger partial charge < -0.3 is 9.15 Å².